The molecule has 0 bridgehead atoms. The highest BCUT2D eigenvalue weighted by Gasteiger charge is 2.20. The van der Waals surface area contributed by atoms with Gasteiger partial charge >= 0.3 is 5.97 Å². The number of hydrogen-bond donors (Lipinski definition) is 1. The van der Waals surface area contributed by atoms with Crippen molar-refractivity contribution in [1.82, 2.24) is 4.90 Å². The molecule has 0 aliphatic carbocycles. The maximum Gasteiger partial charge on any atom is 0.344 e. The van der Waals surface area contributed by atoms with Gasteiger partial charge in [-0.25, -0.2) is 4.79 Å². The average Bonchev–Trinajstić information content (AvgIpc) is 2.44. The molecule has 6 heteroatoms. The van der Waals surface area contributed by atoms with Crippen molar-refractivity contribution in [3.05, 3.63) is 23.8 Å². The molecule has 6 nitrogen and oxygen atoms in total. The lowest BCUT2D eigenvalue weighted by atomic mass is 10.1. The number of benzene rings is 1. The van der Waals surface area contributed by atoms with Crippen LogP contribution in [0.15, 0.2) is 18.2 Å². The second kappa shape index (κ2) is 7.52. The summed E-state index contributed by atoms with van der Waals surface area (Å²) in [6, 6.07) is 4.95. The van der Waals surface area contributed by atoms with E-state index in [0.717, 1.165) is 0 Å². The van der Waals surface area contributed by atoms with Crippen molar-refractivity contribution in [3.8, 4) is 5.75 Å². The van der Waals surface area contributed by atoms with Gasteiger partial charge in [0.2, 0.25) is 0 Å². The van der Waals surface area contributed by atoms with Crippen molar-refractivity contribution in [2.45, 2.75) is 26.8 Å². The van der Waals surface area contributed by atoms with Crippen LogP contribution in [0.2, 0.25) is 0 Å². The zero-order chi connectivity index (χ0) is 16.0. The fourth-order valence-electron chi connectivity index (χ4n) is 1.63. The van der Waals surface area contributed by atoms with Crippen molar-refractivity contribution in [2.75, 3.05) is 26.0 Å². The minimum absolute atomic E-state index is 0.0389. The summed E-state index contributed by atoms with van der Waals surface area (Å²) < 4.78 is 10.4. The highest BCUT2D eigenvalue weighted by molar-refractivity contribution is 5.99. The smallest absolute Gasteiger partial charge is 0.344 e. The van der Waals surface area contributed by atoms with E-state index in [9.17, 15) is 9.59 Å². The molecule has 2 N–H and O–H groups in total. The number of hydrogen-bond acceptors (Lipinski definition) is 5. The Bertz CT molecular complexity index is 514. The number of carbonyl (C=O) groups excluding carboxylic acids is 2. The van der Waals surface area contributed by atoms with E-state index in [1.165, 1.54) is 4.90 Å². The second-order valence-electron chi connectivity index (χ2n) is 4.83. The minimum atomic E-state index is -0.665. The summed E-state index contributed by atoms with van der Waals surface area (Å²) in [4.78, 5) is 25.4. The molecule has 0 saturated carbocycles. The first-order valence-corrected chi connectivity index (χ1v) is 6.82. The normalized spacial score (nSPS) is 10.3. The topological polar surface area (TPSA) is 81.9 Å². The van der Waals surface area contributed by atoms with Crippen LogP contribution in [0.1, 0.15) is 31.1 Å². The molecule has 0 aromatic heterocycles. The molecule has 0 fully saturated rings. The van der Waals surface area contributed by atoms with E-state index in [4.69, 9.17) is 15.2 Å². The van der Waals surface area contributed by atoms with Crippen molar-refractivity contribution in [3.63, 3.8) is 0 Å². The SMILES string of the molecule is CCOc1cccc(N)c1C(=O)OCC(=O)N(C)C(C)C. The summed E-state index contributed by atoms with van der Waals surface area (Å²) >= 11 is 0. The van der Waals surface area contributed by atoms with Gasteiger partial charge in [0.05, 0.1) is 6.61 Å². The molecule has 0 heterocycles. The lowest BCUT2D eigenvalue weighted by molar-refractivity contribution is -0.134. The summed E-state index contributed by atoms with van der Waals surface area (Å²) in [7, 11) is 1.66. The quantitative estimate of drug-likeness (QED) is 0.638. The number of likely N-dealkylation sites (N-methyl/N-ethyl adjacent to an activating group) is 1. The largest absolute Gasteiger partial charge is 0.493 e. The number of carbonyl (C=O) groups is 2. The number of anilines is 1. The molecule has 0 aliphatic heterocycles. The van der Waals surface area contributed by atoms with Crippen molar-refractivity contribution in [2.24, 2.45) is 0 Å². The number of esters is 1. The van der Waals surface area contributed by atoms with Crippen LogP contribution in [0, 0.1) is 0 Å². The standard InChI is InChI=1S/C15H22N2O4/c1-5-20-12-8-6-7-11(16)14(12)15(19)21-9-13(18)17(4)10(2)3/h6-8,10H,5,9,16H2,1-4H3. The molecule has 1 aromatic rings. The lowest BCUT2D eigenvalue weighted by Gasteiger charge is -2.21. The third-order valence-electron chi connectivity index (χ3n) is 3.06. The molecule has 0 aliphatic rings. The molecule has 21 heavy (non-hydrogen) atoms. The van der Waals surface area contributed by atoms with Crippen LogP contribution in [0.4, 0.5) is 5.69 Å². The molecule has 0 unspecified atom stereocenters. The van der Waals surface area contributed by atoms with Gasteiger partial charge in [-0.05, 0) is 32.9 Å². The Morgan fingerprint density at radius 3 is 2.57 bits per heavy atom. The number of nitrogen functional groups attached to an aromatic ring is 1. The third-order valence-corrected chi connectivity index (χ3v) is 3.06. The van der Waals surface area contributed by atoms with E-state index in [2.05, 4.69) is 0 Å². The summed E-state index contributed by atoms with van der Waals surface area (Å²) in [5.41, 5.74) is 6.20. The minimum Gasteiger partial charge on any atom is -0.493 e. The van der Waals surface area contributed by atoms with Gasteiger partial charge in [-0.15, -0.1) is 0 Å². The van der Waals surface area contributed by atoms with E-state index in [-0.39, 0.29) is 29.8 Å². The Morgan fingerprint density at radius 2 is 2.00 bits per heavy atom. The Kier molecular flexibility index (Phi) is 6.02. The monoisotopic (exact) mass is 294 g/mol. The van der Waals surface area contributed by atoms with Crippen molar-refractivity contribution < 1.29 is 19.1 Å². The van der Waals surface area contributed by atoms with E-state index in [0.29, 0.717) is 12.4 Å². The molecule has 1 amide bonds. The predicted molar refractivity (Wildman–Crippen MR) is 80.2 cm³/mol. The molecule has 0 atom stereocenters. The Balaban J connectivity index is 2.79. The lowest BCUT2D eigenvalue weighted by Crippen LogP contribution is -2.36. The number of nitrogens with two attached hydrogens (primary N) is 1. The van der Waals surface area contributed by atoms with Crippen LogP contribution >= 0.6 is 0 Å². The number of rotatable bonds is 6. The molecule has 116 valence electrons. The number of ether oxygens (including phenoxy) is 2. The van der Waals surface area contributed by atoms with E-state index < -0.39 is 5.97 Å². The Morgan fingerprint density at radius 1 is 1.33 bits per heavy atom. The summed E-state index contributed by atoms with van der Waals surface area (Å²) in [5, 5.41) is 0. The molecular formula is C15H22N2O4. The number of amides is 1. The van der Waals surface area contributed by atoms with Crippen LogP contribution in [0.25, 0.3) is 0 Å². The van der Waals surface area contributed by atoms with Gasteiger partial charge in [0.1, 0.15) is 11.3 Å². The van der Waals surface area contributed by atoms with E-state index in [1.807, 2.05) is 13.8 Å². The van der Waals surface area contributed by atoms with Gasteiger partial charge in [0, 0.05) is 18.8 Å². The maximum absolute atomic E-state index is 12.1. The second-order valence-corrected chi connectivity index (χ2v) is 4.83. The van der Waals surface area contributed by atoms with Crippen molar-refractivity contribution in [1.29, 1.82) is 0 Å². The van der Waals surface area contributed by atoms with Crippen LogP contribution < -0.4 is 10.5 Å². The fraction of sp³-hybridized carbons (Fsp3) is 0.467. The third kappa shape index (κ3) is 4.37. The van der Waals surface area contributed by atoms with E-state index >= 15 is 0 Å². The van der Waals surface area contributed by atoms with Gasteiger partial charge in [0.25, 0.3) is 5.91 Å². The van der Waals surface area contributed by atoms with Gasteiger partial charge in [0.15, 0.2) is 6.61 Å². The van der Waals surface area contributed by atoms with Crippen LogP contribution in [-0.4, -0.2) is 43.1 Å². The molecule has 0 radical (unpaired) electrons. The predicted octanol–water partition coefficient (Wildman–Crippen LogP) is 1.69. The first-order chi connectivity index (χ1) is 9.88. The molecule has 0 saturated heterocycles. The zero-order valence-electron chi connectivity index (χ0n) is 12.9. The van der Waals surface area contributed by atoms with Gasteiger partial charge < -0.3 is 20.1 Å². The summed E-state index contributed by atoms with van der Waals surface area (Å²) in [6.45, 7) is 5.63. The molecular weight excluding hydrogens is 272 g/mol. The molecule has 1 aromatic carbocycles. The van der Waals surface area contributed by atoms with Crippen LogP contribution in [0.5, 0.6) is 5.75 Å². The Hall–Kier alpha value is -2.24. The zero-order valence-corrected chi connectivity index (χ0v) is 12.9. The first-order valence-electron chi connectivity index (χ1n) is 6.82. The van der Waals surface area contributed by atoms with Gasteiger partial charge in [-0.3, -0.25) is 4.79 Å². The first kappa shape index (κ1) is 16.8. The highest BCUT2D eigenvalue weighted by Crippen LogP contribution is 2.25. The van der Waals surface area contributed by atoms with Gasteiger partial charge in [-0.2, -0.15) is 0 Å². The summed E-state index contributed by atoms with van der Waals surface area (Å²) in [5.74, 6) is -0.583. The molecule has 0 spiro atoms. The fourth-order valence-corrected chi connectivity index (χ4v) is 1.63. The highest BCUT2D eigenvalue weighted by atomic mass is 16.5. The van der Waals surface area contributed by atoms with Crippen LogP contribution in [0.3, 0.4) is 0 Å². The summed E-state index contributed by atoms with van der Waals surface area (Å²) in [6.07, 6.45) is 0. The molecule has 1 rings (SSSR count). The van der Waals surface area contributed by atoms with Crippen LogP contribution in [-0.2, 0) is 9.53 Å². The number of nitrogens with zero attached hydrogens (tertiary/aromatic N) is 1. The Labute approximate surface area is 124 Å². The maximum atomic E-state index is 12.1. The average molecular weight is 294 g/mol. The van der Waals surface area contributed by atoms with Gasteiger partial charge in [-0.1, -0.05) is 6.07 Å². The van der Waals surface area contributed by atoms with E-state index in [1.54, 1.807) is 32.2 Å². The van der Waals surface area contributed by atoms with Crippen molar-refractivity contribution >= 4 is 17.6 Å².